The lowest BCUT2D eigenvalue weighted by molar-refractivity contribution is 1.31. The Morgan fingerprint density at radius 1 is 1.50 bits per heavy atom. The van der Waals surface area contributed by atoms with Crippen molar-refractivity contribution < 1.29 is 0 Å². The molecule has 4 heteroatoms. The van der Waals surface area contributed by atoms with Crippen molar-refractivity contribution in [3.05, 3.63) is 18.2 Å². The van der Waals surface area contributed by atoms with Crippen LogP contribution >= 0.6 is 23.1 Å². The van der Waals surface area contributed by atoms with Crippen molar-refractivity contribution in [1.82, 2.24) is 4.98 Å². The molecule has 12 heavy (non-hydrogen) atoms. The average Bonchev–Trinajstić information content (AvgIpc) is 2.46. The van der Waals surface area contributed by atoms with Crippen molar-refractivity contribution in [2.24, 2.45) is 0 Å². The molecule has 1 aromatic carbocycles. The Balaban J connectivity index is 2.67. The number of thioether (sulfide) groups is 1. The summed E-state index contributed by atoms with van der Waals surface area (Å²) >= 11 is 3.35. The van der Waals surface area contributed by atoms with E-state index in [4.69, 9.17) is 7.85 Å². The van der Waals surface area contributed by atoms with E-state index in [-0.39, 0.29) is 0 Å². The molecule has 58 valence electrons. The lowest BCUT2D eigenvalue weighted by atomic mass is 9.97. The van der Waals surface area contributed by atoms with Gasteiger partial charge in [-0.25, -0.2) is 4.98 Å². The first-order valence-electron chi connectivity index (χ1n) is 3.49. The summed E-state index contributed by atoms with van der Waals surface area (Å²) < 4.78 is 2.26. The van der Waals surface area contributed by atoms with Crippen LogP contribution < -0.4 is 5.46 Å². The van der Waals surface area contributed by atoms with Crippen LogP contribution in [0.4, 0.5) is 0 Å². The smallest absolute Gasteiger partial charge is 0.150 e. The first kappa shape index (κ1) is 8.14. The fourth-order valence-corrected chi connectivity index (χ4v) is 2.55. The van der Waals surface area contributed by atoms with Gasteiger partial charge >= 0.3 is 0 Å². The van der Waals surface area contributed by atoms with Crippen LogP contribution in [0.2, 0.25) is 0 Å². The Hall–Kier alpha value is -0.475. The fourth-order valence-electron chi connectivity index (χ4n) is 1.01. The van der Waals surface area contributed by atoms with Gasteiger partial charge in [0.1, 0.15) is 7.85 Å². The van der Waals surface area contributed by atoms with Gasteiger partial charge in [0.25, 0.3) is 0 Å². The predicted octanol–water partition coefficient (Wildman–Crippen LogP) is 1.81. The first-order chi connectivity index (χ1) is 5.79. The summed E-state index contributed by atoms with van der Waals surface area (Å²) in [6.07, 6.45) is 2.03. The molecule has 2 rings (SSSR count). The maximum atomic E-state index is 5.65. The van der Waals surface area contributed by atoms with Crippen molar-refractivity contribution in [3.8, 4) is 0 Å². The van der Waals surface area contributed by atoms with Crippen LogP contribution in [-0.4, -0.2) is 19.1 Å². The second-order valence-electron chi connectivity index (χ2n) is 2.41. The number of nitrogens with zero attached hydrogens (tertiary/aromatic N) is 1. The third-order valence-corrected chi connectivity index (χ3v) is 3.57. The number of fused-ring (bicyclic) bond motifs is 1. The Morgan fingerprint density at radius 3 is 3.08 bits per heavy atom. The minimum absolute atomic E-state index is 0.804. The minimum atomic E-state index is 0.804. The number of thiazole rings is 1. The third-order valence-electron chi connectivity index (χ3n) is 1.57. The molecule has 0 spiro atoms. The normalized spacial score (nSPS) is 10.8. The Bertz CT molecular complexity index is 410. The summed E-state index contributed by atoms with van der Waals surface area (Å²) in [5.74, 6) is 0. The topological polar surface area (TPSA) is 12.9 Å². The van der Waals surface area contributed by atoms with Crippen LogP contribution in [0.15, 0.2) is 22.5 Å². The monoisotopic (exact) mass is 191 g/mol. The van der Waals surface area contributed by atoms with Gasteiger partial charge in [-0.3, -0.25) is 0 Å². The fraction of sp³-hybridized carbons (Fsp3) is 0.125. The molecule has 2 radical (unpaired) electrons. The van der Waals surface area contributed by atoms with Crippen LogP contribution in [-0.2, 0) is 0 Å². The van der Waals surface area contributed by atoms with Crippen molar-refractivity contribution >= 4 is 46.6 Å². The zero-order valence-corrected chi connectivity index (χ0v) is 8.21. The molecule has 0 amide bonds. The van der Waals surface area contributed by atoms with Gasteiger partial charge in [-0.1, -0.05) is 23.3 Å². The predicted molar refractivity (Wildman–Crippen MR) is 56.8 cm³/mol. The quantitative estimate of drug-likeness (QED) is 0.503. The van der Waals surface area contributed by atoms with Crippen molar-refractivity contribution in [1.29, 1.82) is 0 Å². The first-order valence-corrected chi connectivity index (χ1v) is 5.54. The van der Waals surface area contributed by atoms with E-state index < -0.39 is 0 Å². The van der Waals surface area contributed by atoms with Crippen LogP contribution in [0, 0.1) is 0 Å². The largest absolute Gasteiger partial charge is 0.230 e. The van der Waals surface area contributed by atoms with E-state index in [0.717, 1.165) is 15.3 Å². The Morgan fingerprint density at radius 2 is 2.33 bits per heavy atom. The summed E-state index contributed by atoms with van der Waals surface area (Å²) in [5.41, 5.74) is 1.84. The van der Waals surface area contributed by atoms with Crippen LogP contribution in [0.5, 0.6) is 0 Å². The molecule has 2 aromatic rings. The van der Waals surface area contributed by atoms with Crippen LogP contribution in [0.3, 0.4) is 0 Å². The lowest BCUT2D eigenvalue weighted by Gasteiger charge is -1.88. The second-order valence-corrected chi connectivity index (χ2v) is 4.50. The summed E-state index contributed by atoms with van der Waals surface area (Å²) in [4.78, 5) is 4.40. The molecule has 0 N–H and O–H groups in total. The summed E-state index contributed by atoms with van der Waals surface area (Å²) in [6.45, 7) is 0. The number of rotatable bonds is 1. The second kappa shape index (κ2) is 3.11. The number of benzene rings is 1. The van der Waals surface area contributed by atoms with E-state index in [1.54, 1.807) is 23.1 Å². The molecule has 0 unspecified atom stereocenters. The van der Waals surface area contributed by atoms with E-state index in [1.165, 1.54) is 4.70 Å². The van der Waals surface area contributed by atoms with Gasteiger partial charge in [-0.05, 0) is 18.4 Å². The van der Waals surface area contributed by atoms with E-state index >= 15 is 0 Å². The molecule has 0 saturated heterocycles. The van der Waals surface area contributed by atoms with E-state index in [0.29, 0.717) is 0 Å². The van der Waals surface area contributed by atoms with Gasteiger partial charge in [-0.2, -0.15) is 0 Å². The molecule has 0 saturated carbocycles. The van der Waals surface area contributed by atoms with Gasteiger partial charge in [0.05, 0.1) is 10.2 Å². The van der Waals surface area contributed by atoms with Gasteiger partial charge in [0.15, 0.2) is 4.34 Å². The van der Waals surface area contributed by atoms with Crippen LogP contribution in [0.25, 0.3) is 10.2 Å². The molecule has 0 aliphatic heterocycles. The molecule has 0 aliphatic rings. The van der Waals surface area contributed by atoms with Gasteiger partial charge in [-0.15, -0.1) is 11.3 Å². The summed E-state index contributed by atoms with van der Waals surface area (Å²) in [6, 6.07) is 5.81. The van der Waals surface area contributed by atoms with Gasteiger partial charge < -0.3 is 0 Å². The lowest BCUT2D eigenvalue weighted by Crippen LogP contribution is -1.98. The molecule has 0 bridgehead atoms. The molecule has 0 atom stereocenters. The van der Waals surface area contributed by atoms with Crippen molar-refractivity contribution in [2.45, 2.75) is 4.34 Å². The number of aromatic nitrogens is 1. The molecule has 1 heterocycles. The van der Waals surface area contributed by atoms with Gasteiger partial charge in [0.2, 0.25) is 0 Å². The van der Waals surface area contributed by atoms with E-state index in [9.17, 15) is 0 Å². The third kappa shape index (κ3) is 1.36. The van der Waals surface area contributed by atoms with Crippen LogP contribution in [0.1, 0.15) is 0 Å². The highest BCUT2D eigenvalue weighted by molar-refractivity contribution is 8.00. The zero-order chi connectivity index (χ0) is 8.55. The average molecular weight is 191 g/mol. The molecular formula is C8H6BNS2. The molecule has 0 aliphatic carbocycles. The maximum Gasteiger partial charge on any atom is 0.150 e. The summed E-state index contributed by atoms with van der Waals surface area (Å²) in [7, 11) is 5.65. The highest BCUT2D eigenvalue weighted by Gasteiger charge is 2.01. The van der Waals surface area contributed by atoms with E-state index in [1.807, 2.05) is 24.5 Å². The minimum Gasteiger partial charge on any atom is -0.230 e. The molecule has 1 aromatic heterocycles. The summed E-state index contributed by atoms with van der Waals surface area (Å²) in [5, 5.41) is 0. The van der Waals surface area contributed by atoms with E-state index in [2.05, 4.69) is 4.98 Å². The van der Waals surface area contributed by atoms with Gasteiger partial charge in [0, 0.05) is 0 Å². The molecular weight excluding hydrogens is 185 g/mol. The zero-order valence-electron chi connectivity index (χ0n) is 6.57. The number of hydrogen-bond donors (Lipinski definition) is 0. The molecule has 1 nitrogen and oxygen atoms in total. The molecule has 0 fully saturated rings. The maximum absolute atomic E-state index is 5.65. The Labute approximate surface area is 80.6 Å². The number of hydrogen-bond acceptors (Lipinski definition) is 3. The van der Waals surface area contributed by atoms with Crippen molar-refractivity contribution in [3.63, 3.8) is 0 Å². The Kier molecular flexibility index (Phi) is 2.11. The highest BCUT2D eigenvalue weighted by Crippen LogP contribution is 2.26. The highest BCUT2D eigenvalue weighted by atomic mass is 32.2. The SMILES string of the molecule is [B]c1ccc2nc(SC)sc2c1. The standard InChI is InChI=1S/C8H6BNS2/c1-11-8-10-6-3-2-5(9)4-7(6)12-8/h2-4H,1H3. The van der Waals surface area contributed by atoms with Crippen molar-refractivity contribution in [2.75, 3.05) is 6.26 Å².